The maximum atomic E-state index is 12.0. The van der Waals surface area contributed by atoms with E-state index in [0.29, 0.717) is 18.7 Å². The van der Waals surface area contributed by atoms with Gasteiger partial charge in [-0.15, -0.1) is 0 Å². The zero-order chi connectivity index (χ0) is 13.3. The maximum Gasteiger partial charge on any atom is 0.251 e. The molecule has 0 aromatic heterocycles. The molecule has 2 amide bonds. The van der Waals surface area contributed by atoms with E-state index in [0.717, 1.165) is 10.0 Å². The molecule has 0 atom stereocenters. The summed E-state index contributed by atoms with van der Waals surface area (Å²) in [6, 6.07) is 5.67. The van der Waals surface area contributed by atoms with E-state index in [-0.39, 0.29) is 17.9 Å². The average Bonchev–Trinajstić information content (AvgIpc) is 2.20. The van der Waals surface area contributed by atoms with Crippen LogP contribution in [0.25, 0.3) is 0 Å². The molecule has 1 N–H and O–H groups in total. The quantitative estimate of drug-likeness (QED) is 0.904. The number of nitrogens with zero attached hydrogens (tertiary/aromatic N) is 1. The number of hydrogen-bond donors (Lipinski definition) is 1. The molecular weight excluding hydrogens is 296 g/mol. The number of rotatable bonds is 2. The number of benzene rings is 1. The smallest absolute Gasteiger partial charge is 0.251 e. The summed E-state index contributed by atoms with van der Waals surface area (Å²) in [5, 5.41) is 2.92. The van der Waals surface area contributed by atoms with Gasteiger partial charge in [0.15, 0.2) is 0 Å². The summed E-state index contributed by atoms with van der Waals surface area (Å²) < 4.78 is 0.895. The van der Waals surface area contributed by atoms with E-state index in [1.807, 2.05) is 19.1 Å². The third-order valence-electron chi connectivity index (χ3n) is 2.97. The lowest BCUT2D eigenvalue weighted by atomic mass is 10.1. The van der Waals surface area contributed by atoms with Crippen LogP contribution in [0.1, 0.15) is 22.8 Å². The molecule has 0 spiro atoms. The van der Waals surface area contributed by atoms with E-state index in [2.05, 4.69) is 21.2 Å². The minimum atomic E-state index is -0.0902. The topological polar surface area (TPSA) is 49.4 Å². The van der Waals surface area contributed by atoms with Crippen LogP contribution in [0.4, 0.5) is 0 Å². The van der Waals surface area contributed by atoms with Gasteiger partial charge in [-0.3, -0.25) is 9.59 Å². The fourth-order valence-corrected chi connectivity index (χ4v) is 2.57. The number of aryl methyl sites for hydroxylation is 1. The number of amides is 2. The van der Waals surface area contributed by atoms with Crippen LogP contribution in [0, 0.1) is 6.92 Å². The molecule has 1 heterocycles. The number of carbonyl (C=O) groups excluding carboxylic acids is 2. The fourth-order valence-electron chi connectivity index (χ4n) is 1.96. The van der Waals surface area contributed by atoms with Gasteiger partial charge in [-0.1, -0.05) is 15.9 Å². The van der Waals surface area contributed by atoms with Gasteiger partial charge in [-0.05, 0) is 30.7 Å². The second-order valence-electron chi connectivity index (χ2n) is 4.61. The van der Waals surface area contributed by atoms with Crippen LogP contribution in [-0.2, 0) is 4.79 Å². The van der Waals surface area contributed by atoms with Gasteiger partial charge in [0.1, 0.15) is 0 Å². The summed E-state index contributed by atoms with van der Waals surface area (Å²) in [7, 11) is 0. The van der Waals surface area contributed by atoms with Gasteiger partial charge < -0.3 is 10.2 Å². The van der Waals surface area contributed by atoms with Crippen molar-refractivity contribution in [2.24, 2.45) is 0 Å². The van der Waals surface area contributed by atoms with Gasteiger partial charge in [0.2, 0.25) is 5.91 Å². The van der Waals surface area contributed by atoms with Crippen molar-refractivity contribution in [3.8, 4) is 0 Å². The molecular formula is C13H15BrN2O2. The summed E-state index contributed by atoms with van der Waals surface area (Å²) in [6.07, 6.45) is 0. The van der Waals surface area contributed by atoms with Crippen molar-refractivity contribution in [1.82, 2.24) is 10.2 Å². The standard InChI is InChI=1S/C13H15BrN2O2/c1-8-3-10(5-11(14)4-8)13(18)15-12-6-16(7-12)9(2)17/h3-5,12H,6-7H2,1-2H3,(H,15,18). The van der Waals surface area contributed by atoms with Gasteiger partial charge >= 0.3 is 0 Å². The van der Waals surface area contributed by atoms with E-state index in [1.54, 1.807) is 11.0 Å². The van der Waals surface area contributed by atoms with Crippen molar-refractivity contribution in [2.75, 3.05) is 13.1 Å². The van der Waals surface area contributed by atoms with Crippen LogP contribution >= 0.6 is 15.9 Å². The van der Waals surface area contributed by atoms with Crippen molar-refractivity contribution < 1.29 is 9.59 Å². The molecule has 1 aliphatic heterocycles. The first-order valence-corrected chi connectivity index (χ1v) is 6.58. The molecule has 0 bridgehead atoms. The fraction of sp³-hybridized carbons (Fsp3) is 0.385. The Morgan fingerprint density at radius 3 is 2.56 bits per heavy atom. The molecule has 1 fully saturated rings. The second-order valence-corrected chi connectivity index (χ2v) is 5.53. The minimum Gasteiger partial charge on any atom is -0.346 e. The minimum absolute atomic E-state index is 0.0544. The number of hydrogen-bond acceptors (Lipinski definition) is 2. The molecule has 0 radical (unpaired) electrons. The van der Waals surface area contributed by atoms with E-state index in [1.165, 1.54) is 6.92 Å². The van der Waals surface area contributed by atoms with Gasteiger partial charge in [0.25, 0.3) is 5.91 Å². The van der Waals surface area contributed by atoms with Crippen LogP contribution in [0.15, 0.2) is 22.7 Å². The van der Waals surface area contributed by atoms with Crippen LogP contribution in [0.5, 0.6) is 0 Å². The average molecular weight is 311 g/mol. The Hall–Kier alpha value is -1.36. The summed E-state index contributed by atoms with van der Waals surface area (Å²) in [4.78, 5) is 24.7. The Morgan fingerprint density at radius 1 is 1.33 bits per heavy atom. The van der Waals surface area contributed by atoms with Crippen molar-refractivity contribution in [3.05, 3.63) is 33.8 Å². The predicted octanol–water partition coefficient (Wildman–Crippen LogP) is 1.72. The predicted molar refractivity (Wildman–Crippen MR) is 72.4 cm³/mol. The SMILES string of the molecule is CC(=O)N1CC(NC(=O)c2cc(C)cc(Br)c2)C1. The Kier molecular flexibility index (Phi) is 3.71. The molecule has 0 aliphatic carbocycles. The summed E-state index contributed by atoms with van der Waals surface area (Å²) >= 11 is 3.37. The Labute approximate surface area is 114 Å². The van der Waals surface area contributed by atoms with Crippen LogP contribution < -0.4 is 5.32 Å². The van der Waals surface area contributed by atoms with Gasteiger partial charge in [0, 0.05) is 30.0 Å². The van der Waals surface area contributed by atoms with Crippen LogP contribution in [0.2, 0.25) is 0 Å². The molecule has 4 nitrogen and oxygen atoms in total. The zero-order valence-electron chi connectivity index (χ0n) is 10.4. The van der Waals surface area contributed by atoms with Crippen molar-refractivity contribution in [1.29, 1.82) is 0 Å². The van der Waals surface area contributed by atoms with E-state index < -0.39 is 0 Å². The Morgan fingerprint density at radius 2 is 2.00 bits per heavy atom. The lowest BCUT2D eigenvalue weighted by Gasteiger charge is -2.38. The third-order valence-corrected chi connectivity index (χ3v) is 3.42. The van der Waals surface area contributed by atoms with Gasteiger partial charge in [-0.2, -0.15) is 0 Å². The van der Waals surface area contributed by atoms with Crippen molar-refractivity contribution in [2.45, 2.75) is 19.9 Å². The summed E-state index contributed by atoms with van der Waals surface area (Å²) in [5.41, 5.74) is 1.68. The second kappa shape index (κ2) is 5.10. The summed E-state index contributed by atoms with van der Waals surface area (Å²) in [5.74, 6) is -0.0357. The van der Waals surface area contributed by atoms with E-state index >= 15 is 0 Å². The Bertz CT molecular complexity index is 476. The van der Waals surface area contributed by atoms with E-state index in [4.69, 9.17) is 0 Å². The molecule has 1 aromatic rings. The molecule has 2 rings (SSSR count). The first kappa shape index (κ1) is 13.1. The highest BCUT2D eigenvalue weighted by Gasteiger charge is 2.29. The highest BCUT2D eigenvalue weighted by molar-refractivity contribution is 9.10. The molecule has 1 aromatic carbocycles. The highest BCUT2D eigenvalue weighted by atomic mass is 79.9. The largest absolute Gasteiger partial charge is 0.346 e. The van der Waals surface area contributed by atoms with Gasteiger partial charge in [0.05, 0.1) is 6.04 Å². The molecule has 5 heteroatoms. The highest BCUT2D eigenvalue weighted by Crippen LogP contribution is 2.16. The molecule has 18 heavy (non-hydrogen) atoms. The number of halogens is 1. The normalized spacial score (nSPS) is 15.2. The van der Waals surface area contributed by atoms with E-state index in [9.17, 15) is 9.59 Å². The molecule has 0 saturated carbocycles. The number of carbonyl (C=O) groups is 2. The lowest BCUT2D eigenvalue weighted by Crippen LogP contribution is -2.60. The first-order chi connectivity index (χ1) is 8.45. The van der Waals surface area contributed by atoms with Crippen molar-refractivity contribution in [3.63, 3.8) is 0 Å². The monoisotopic (exact) mass is 310 g/mol. The third kappa shape index (κ3) is 2.90. The molecule has 96 valence electrons. The number of likely N-dealkylation sites (tertiary alicyclic amines) is 1. The van der Waals surface area contributed by atoms with Gasteiger partial charge in [-0.25, -0.2) is 0 Å². The molecule has 0 unspecified atom stereocenters. The first-order valence-electron chi connectivity index (χ1n) is 5.79. The Balaban J connectivity index is 1.95. The van der Waals surface area contributed by atoms with Crippen LogP contribution in [-0.4, -0.2) is 35.8 Å². The molecule has 1 aliphatic rings. The van der Waals surface area contributed by atoms with Crippen molar-refractivity contribution >= 4 is 27.7 Å². The van der Waals surface area contributed by atoms with Crippen LogP contribution in [0.3, 0.4) is 0 Å². The summed E-state index contributed by atoms with van der Waals surface area (Å²) in [6.45, 7) is 4.69. The number of nitrogens with one attached hydrogen (secondary N) is 1. The molecule has 1 saturated heterocycles. The maximum absolute atomic E-state index is 12.0. The zero-order valence-corrected chi connectivity index (χ0v) is 12.0. The lowest BCUT2D eigenvalue weighted by molar-refractivity contribution is -0.133.